The Hall–Kier alpha value is -4.82. The van der Waals surface area contributed by atoms with Gasteiger partial charge in [0.15, 0.2) is 5.13 Å². The number of anilines is 1. The fraction of sp³-hybridized carbons (Fsp3) is 0.125. The summed E-state index contributed by atoms with van der Waals surface area (Å²) in [5.74, 6) is -0.142. The van der Waals surface area contributed by atoms with Crippen LogP contribution in [0.25, 0.3) is 54.1 Å². The first-order chi connectivity index (χ1) is 19.4. The molecule has 0 aliphatic rings. The van der Waals surface area contributed by atoms with Crippen molar-refractivity contribution in [3.63, 3.8) is 0 Å². The molecule has 7 rings (SSSR count). The smallest absolute Gasteiger partial charge is 0.302 e. The van der Waals surface area contributed by atoms with Gasteiger partial charge in [-0.1, -0.05) is 65.9 Å². The number of nitrogens with zero attached hydrogens (tertiary/aromatic N) is 4. The SMILES string of the molecule is CC(=O)Nc1nc2ccc(-c3ccc4ncc5c(c4c3)n([C@@H](C)c3cccc4ccccc34)c(=O)n5C)cc2s1. The molecule has 0 fully saturated rings. The van der Waals surface area contributed by atoms with Gasteiger partial charge in [-0.3, -0.25) is 18.9 Å². The maximum atomic E-state index is 13.7. The first kappa shape index (κ1) is 24.2. The monoisotopic (exact) mass is 543 g/mol. The van der Waals surface area contributed by atoms with Gasteiger partial charge in [-0.15, -0.1) is 0 Å². The Morgan fingerprint density at radius 2 is 1.68 bits per heavy atom. The molecular weight excluding hydrogens is 518 g/mol. The Balaban J connectivity index is 1.43. The summed E-state index contributed by atoms with van der Waals surface area (Å²) < 4.78 is 4.57. The summed E-state index contributed by atoms with van der Waals surface area (Å²) in [5.41, 5.74) is 6.38. The fourth-order valence-electron chi connectivity index (χ4n) is 5.63. The number of hydrogen-bond donors (Lipinski definition) is 1. The Kier molecular flexibility index (Phi) is 5.54. The molecule has 8 heteroatoms. The largest absolute Gasteiger partial charge is 0.329 e. The average molecular weight is 544 g/mol. The first-order valence-corrected chi connectivity index (χ1v) is 13.9. The van der Waals surface area contributed by atoms with Crippen LogP contribution in [0.4, 0.5) is 5.13 Å². The van der Waals surface area contributed by atoms with Crippen molar-refractivity contribution in [2.24, 2.45) is 7.05 Å². The molecule has 196 valence electrons. The van der Waals surface area contributed by atoms with Crippen LogP contribution in [-0.2, 0) is 11.8 Å². The van der Waals surface area contributed by atoms with Crippen molar-refractivity contribution in [2.45, 2.75) is 19.9 Å². The van der Waals surface area contributed by atoms with Crippen LogP contribution < -0.4 is 11.0 Å². The zero-order chi connectivity index (χ0) is 27.5. The number of aryl methyl sites for hydroxylation is 1. The highest BCUT2D eigenvalue weighted by Gasteiger charge is 2.21. The minimum Gasteiger partial charge on any atom is -0.302 e. The normalized spacial score (nSPS) is 12.5. The Morgan fingerprint density at radius 1 is 0.925 bits per heavy atom. The van der Waals surface area contributed by atoms with Gasteiger partial charge < -0.3 is 5.32 Å². The van der Waals surface area contributed by atoms with Crippen LogP contribution in [0.3, 0.4) is 0 Å². The number of rotatable bonds is 4. The van der Waals surface area contributed by atoms with Gasteiger partial charge in [0.05, 0.1) is 39.0 Å². The van der Waals surface area contributed by atoms with Crippen LogP contribution in [0.5, 0.6) is 0 Å². The topological polar surface area (TPSA) is 81.8 Å². The summed E-state index contributed by atoms with van der Waals surface area (Å²) in [6.45, 7) is 3.56. The molecule has 3 heterocycles. The predicted molar refractivity (Wildman–Crippen MR) is 163 cm³/mol. The minimum absolute atomic E-state index is 0.0771. The van der Waals surface area contributed by atoms with E-state index in [1.54, 1.807) is 17.8 Å². The number of aromatic nitrogens is 4. The Bertz CT molecular complexity index is 2180. The zero-order valence-electron chi connectivity index (χ0n) is 22.2. The zero-order valence-corrected chi connectivity index (χ0v) is 23.0. The Morgan fingerprint density at radius 3 is 2.50 bits per heavy atom. The molecule has 0 radical (unpaired) electrons. The van der Waals surface area contributed by atoms with E-state index in [0.29, 0.717) is 5.13 Å². The number of benzene rings is 4. The highest BCUT2D eigenvalue weighted by atomic mass is 32.1. The third kappa shape index (κ3) is 3.79. The summed E-state index contributed by atoms with van der Waals surface area (Å²) in [7, 11) is 1.80. The van der Waals surface area contributed by atoms with Gasteiger partial charge in [0.25, 0.3) is 0 Å². The summed E-state index contributed by atoms with van der Waals surface area (Å²) in [5, 5.41) is 6.56. The third-order valence-electron chi connectivity index (χ3n) is 7.58. The summed E-state index contributed by atoms with van der Waals surface area (Å²) in [4.78, 5) is 34.4. The maximum absolute atomic E-state index is 13.7. The van der Waals surface area contributed by atoms with E-state index in [2.05, 4.69) is 65.8 Å². The number of hydrogen-bond acceptors (Lipinski definition) is 5. The molecule has 3 aromatic heterocycles. The highest BCUT2D eigenvalue weighted by molar-refractivity contribution is 7.22. The van der Waals surface area contributed by atoms with Gasteiger partial charge in [-0.05, 0) is 58.7 Å². The van der Waals surface area contributed by atoms with Crippen molar-refractivity contribution in [3.8, 4) is 11.1 Å². The lowest BCUT2D eigenvalue weighted by molar-refractivity contribution is -0.114. The van der Waals surface area contributed by atoms with Crippen LogP contribution in [0.1, 0.15) is 25.5 Å². The van der Waals surface area contributed by atoms with Crippen molar-refractivity contribution in [3.05, 3.63) is 101 Å². The van der Waals surface area contributed by atoms with Crippen LogP contribution in [0.15, 0.2) is 89.9 Å². The van der Waals surface area contributed by atoms with E-state index in [-0.39, 0.29) is 17.6 Å². The molecule has 1 N–H and O–H groups in total. The van der Waals surface area contributed by atoms with E-state index in [4.69, 9.17) is 4.98 Å². The average Bonchev–Trinajstić information content (AvgIpc) is 3.48. The summed E-state index contributed by atoms with van der Waals surface area (Å²) >= 11 is 1.45. The molecule has 0 bridgehead atoms. The van der Waals surface area contributed by atoms with Crippen molar-refractivity contribution < 1.29 is 4.79 Å². The van der Waals surface area contributed by atoms with Crippen LogP contribution in [0, 0.1) is 0 Å². The summed E-state index contributed by atoms with van der Waals surface area (Å²) in [6, 6.07) is 26.6. The highest BCUT2D eigenvalue weighted by Crippen LogP contribution is 2.35. The molecular formula is C32H25N5O2S. The second kappa shape index (κ2) is 9.14. The molecule has 0 spiro atoms. The van der Waals surface area contributed by atoms with Crippen molar-refractivity contribution in [1.82, 2.24) is 19.1 Å². The van der Waals surface area contributed by atoms with Gasteiger partial charge in [0.2, 0.25) is 5.91 Å². The number of imidazole rings is 1. The first-order valence-electron chi connectivity index (χ1n) is 13.0. The molecule has 40 heavy (non-hydrogen) atoms. The van der Waals surface area contributed by atoms with Gasteiger partial charge >= 0.3 is 5.69 Å². The standard InChI is InChI=1S/C32H25N5O2S/c1-18(23-10-6-8-20-7-4-5-9-24(20)23)37-30-25-15-21(11-13-26(25)33-17-28(30)36(3)32(37)39)22-12-14-27-29(16-22)40-31(35-27)34-19(2)38/h4-18H,1-3H3,(H,34,35,38)/t18-/m0/s1. The lowest BCUT2D eigenvalue weighted by Gasteiger charge is -2.17. The lowest BCUT2D eigenvalue weighted by Crippen LogP contribution is -2.25. The number of carbonyl (C=O) groups is 1. The number of carbonyl (C=O) groups excluding carboxylic acids is 1. The maximum Gasteiger partial charge on any atom is 0.329 e. The van der Waals surface area contributed by atoms with Crippen LogP contribution >= 0.6 is 11.3 Å². The molecule has 0 unspecified atom stereocenters. The predicted octanol–water partition coefficient (Wildman–Crippen LogP) is 6.89. The van der Waals surface area contributed by atoms with E-state index in [9.17, 15) is 9.59 Å². The van der Waals surface area contributed by atoms with Gasteiger partial charge in [-0.25, -0.2) is 9.78 Å². The van der Waals surface area contributed by atoms with Crippen LogP contribution in [-0.4, -0.2) is 25.0 Å². The Labute approximate surface area is 233 Å². The summed E-state index contributed by atoms with van der Waals surface area (Å²) in [6.07, 6.45) is 1.79. The number of amides is 1. The number of pyridine rings is 1. The molecule has 1 atom stereocenters. The molecule has 7 nitrogen and oxygen atoms in total. The van der Waals surface area contributed by atoms with Gasteiger partial charge in [-0.2, -0.15) is 0 Å². The molecule has 0 aliphatic heterocycles. The third-order valence-corrected chi connectivity index (χ3v) is 8.51. The van der Waals surface area contributed by atoms with E-state index >= 15 is 0 Å². The van der Waals surface area contributed by atoms with Crippen molar-refractivity contribution >= 4 is 65.3 Å². The molecule has 1 amide bonds. The molecule has 0 saturated heterocycles. The number of fused-ring (bicyclic) bond motifs is 5. The van der Waals surface area contributed by atoms with Gasteiger partial charge in [0.1, 0.15) is 0 Å². The molecule has 4 aromatic carbocycles. The molecule has 0 aliphatic carbocycles. The van der Waals surface area contributed by atoms with Crippen LogP contribution in [0.2, 0.25) is 0 Å². The van der Waals surface area contributed by atoms with Crippen molar-refractivity contribution in [1.29, 1.82) is 0 Å². The second-order valence-electron chi connectivity index (χ2n) is 10.1. The van der Waals surface area contributed by atoms with E-state index in [1.807, 2.05) is 34.9 Å². The minimum atomic E-state index is -0.197. The quantitative estimate of drug-likeness (QED) is 0.262. The van der Waals surface area contributed by atoms with Crippen molar-refractivity contribution in [2.75, 3.05) is 5.32 Å². The van der Waals surface area contributed by atoms with E-state index < -0.39 is 0 Å². The lowest BCUT2D eigenvalue weighted by atomic mass is 9.99. The number of thiazole rings is 1. The molecule has 7 aromatic rings. The fourth-order valence-corrected chi connectivity index (χ4v) is 6.58. The number of nitrogens with one attached hydrogen (secondary N) is 1. The second-order valence-corrected chi connectivity index (χ2v) is 11.1. The van der Waals surface area contributed by atoms with Gasteiger partial charge in [0, 0.05) is 19.4 Å². The molecule has 0 saturated carbocycles. The van der Waals surface area contributed by atoms with E-state index in [0.717, 1.165) is 59.6 Å². The van der Waals surface area contributed by atoms with E-state index in [1.165, 1.54) is 18.3 Å².